The second-order valence-electron chi connectivity index (χ2n) is 7.37. The van der Waals surface area contributed by atoms with Gasteiger partial charge in [0, 0.05) is 23.8 Å². The van der Waals surface area contributed by atoms with Gasteiger partial charge in [-0.25, -0.2) is 22.0 Å². The minimum Gasteiger partial charge on any atom is -0.460 e. The monoisotopic (exact) mass is 518 g/mol. The van der Waals surface area contributed by atoms with Crippen molar-refractivity contribution in [2.45, 2.75) is 32.3 Å². The molecule has 0 fully saturated rings. The van der Waals surface area contributed by atoms with Crippen LogP contribution in [0.2, 0.25) is 5.02 Å². The van der Waals surface area contributed by atoms with Crippen molar-refractivity contribution < 1.29 is 40.2 Å². The first kappa shape index (κ1) is 26.4. The molecule has 0 N–H and O–H groups in total. The van der Waals surface area contributed by atoms with Gasteiger partial charge in [-0.15, -0.1) is 0 Å². The lowest BCUT2D eigenvalue weighted by Gasteiger charge is -2.20. The zero-order valence-electron chi connectivity index (χ0n) is 18.1. The van der Waals surface area contributed by atoms with E-state index in [1.807, 2.05) is 6.92 Å². The summed E-state index contributed by atoms with van der Waals surface area (Å²) in [6.45, 7) is 1.93. The Hall–Kier alpha value is -3.20. The van der Waals surface area contributed by atoms with Crippen LogP contribution in [-0.4, -0.2) is 6.43 Å². The molecule has 0 amide bonds. The number of hydrogen-bond donors (Lipinski definition) is 0. The van der Waals surface area contributed by atoms with E-state index in [0.29, 0.717) is 24.8 Å². The van der Waals surface area contributed by atoms with E-state index in [9.17, 15) is 30.7 Å². The van der Waals surface area contributed by atoms with Crippen LogP contribution in [-0.2, 0) is 12.5 Å². The van der Waals surface area contributed by atoms with Gasteiger partial charge in [-0.05, 0) is 35.7 Å². The summed E-state index contributed by atoms with van der Waals surface area (Å²) >= 11 is 5.77. The van der Waals surface area contributed by atoms with Crippen molar-refractivity contribution >= 4 is 11.6 Å². The molecule has 0 radical (unpaired) electrons. The smallest absolute Gasteiger partial charge is 0.429 e. The molecule has 0 saturated heterocycles. The predicted molar refractivity (Wildman–Crippen MR) is 117 cm³/mol. The first-order chi connectivity index (χ1) is 16.5. The van der Waals surface area contributed by atoms with Crippen LogP contribution in [0.25, 0.3) is 11.1 Å². The molecule has 3 aromatic rings. The number of halogens is 8. The van der Waals surface area contributed by atoms with Crippen LogP contribution >= 0.6 is 11.6 Å². The van der Waals surface area contributed by atoms with Crippen molar-refractivity contribution in [3.8, 4) is 22.6 Å². The number of rotatable bonds is 9. The maximum absolute atomic E-state index is 14.7. The highest BCUT2D eigenvalue weighted by molar-refractivity contribution is 6.32. The fourth-order valence-corrected chi connectivity index (χ4v) is 3.48. The molecule has 35 heavy (non-hydrogen) atoms. The molecule has 0 heterocycles. The lowest BCUT2D eigenvalue weighted by Crippen LogP contribution is -2.23. The Labute approximate surface area is 201 Å². The summed E-state index contributed by atoms with van der Waals surface area (Å²) in [5.41, 5.74) is -0.362. The van der Waals surface area contributed by atoms with Gasteiger partial charge >= 0.3 is 6.11 Å². The average molecular weight is 519 g/mol. The largest absolute Gasteiger partial charge is 0.460 e. The number of aryl methyl sites for hydroxylation is 1. The first-order valence-electron chi connectivity index (χ1n) is 10.3. The highest BCUT2D eigenvalue weighted by atomic mass is 35.5. The van der Waals surface area contributed by atoms with E-state index in [-0.39, 0.29) is 11.1 Å². The maximum Gasteiger partial charge on any atom is 0.429 e. The van der Waals surface area contributed by atoms with Gasteiger partial charge in [-0.2, -0.15) is 8.78 Å². The summed E-state index contributed by atoms with van der Waals surface area (Å²) in [7, 11) is 0. The van der Waals surface area contributed by atoms with Crippen molar-refractivity contribution in [2.75, 3.05) is 0 Å². The summed E-state index contributed by atoms with van der Waals surface area (Å²) in [5.74, 6) is -4.75. The fourth-order valence-electron chi connectivity index (χ4n) is 3.23. The number of ether oxygens (including phenoxy) is 2. The molecule has 0 atom stereocenters. The quantitative estimate of drug-likeness (QED) is 0.208. The Kier molecular flexibility index (Phi) is 8.32. The van der Waals surface area contributed by atoms with E-state index in [1.54, 1.807) is 6.07 Å². The van der Waals surface area contributed by atoms with Gasteiger partial charge in [-0.1, -0.05) is 43.1 Å². The highest BCUT2D eigenvalue weighted by Gasteiger charge is 2.38. The van der Waals surface area contributed by atoms with Crippen LogP contribution < -0.4 is 9.47 Å². The Balaban J connectivity index is 1.84. The van der Waals surface area contributed by atoms with Gasteiger partial charge in [0.05, 0.1) is 16.8 Å². The molecule has 0 aliphatic heterocycles. The molecular weight excluding hydrogens is 501 g/mol. The minimum absolute atomic E-state index is 0.0323. The standard InChI is InChI=1S/C25H18ClF7O2/c1-2-3-14-4-6-17(20(27)10-14)15-5-7-18(21(28)11-15)25(32,33)35-16-12-19(26)24(22(29)13-16)34-9-8-23(30)31/h4-13,23H,2-3H2,1H3/b9-8+. The third kappa shape index (κ3) is 6.48. The number of benzene rings is 3. The molecule has 0 unspecified atom stereocenters. The third-order valence-electron chi connectivity index (χ3n) is 4.79. The lowest BCUT2D eigenvalue weighted by molar-refractivity contribution is -0.187. The fraction of sp³-hybridized carbons (Fsp3) is 0.200. The zero-order valence-corrected chi connectivity index (χ0v) is 18.9. The van der Waals surface area contributed by atoms with E-state index >= 15 is 0 Å². The average Bonchev–Trinajstić information content (AvgIpc) is 2.75. The molecule has 186 valence electrons. The number of allylic oxidation sites excluding steroid dienone is 1. The van der Waals surface area contributed by atoms with Gasteiger partial charge < -0.3 is 9.47 Å². The molecule has 0 aliphatic carbocycles. The molecular formula is C25H18ClF7O2. The molecule has 0 aromatic heterocycles. The molecule has 10 heteroatoms. The Morgan fingerprint density at radius 1 is 0.943 bits per heavy atom. The van der Waals surface area contributed by atoms with Gasteiger partial charge in [-0.3, -0.25) is 0 Å². The van der Waals surface area contributed by atoms with Crippen molar-refractivity contribution in [2.24, 2.45) is 0 Å². The van der Waals surface area contributed by atoms with Crippen LogP contribution in [0, 0.1) is 17.5 Å². The van der Waals surface area contributed by atoms with Crippen LogP contribution in [0.1, 0.15) is 24.5 Å². The van der Waals surface area contributed by atoms with E-state index in [0.717, 1.165) is 36.2 Å². The van der Waals surface area contributed by atoms with Gasteiger partial charge in [0.15, 0.2) is 11.6 Å². The van der Waals surface area contributed by atoms with Crippen molar-refractivity contribution in [3.63, 3.8) is 0 Å². The lowest BCUT2D eigenvalue weighted by atomic mass is 10.00. The van der Waals surface area contributed by atoms with Crippen molar-refractivity contribution in [1.29, 1.82) is 0 Å². The third-order valence-corrected chi connectivity index (χ3v) is 5.07. The zero-order chi connectivity index (χ0) is 25.8. The summed E-state index contributed by atoms with van der Waals surface area (Å²) < 4.78 is 106. The Bertz CT molecular complexity index is 1210. The van der Waals surface area contributed by atoms with E-state index in [1.165, 1.54) is 12.1 Å². The van der Waals surface area contributed by atoms with Gasteiger partial charge in [0.25, 0.3) is 6.43 Å². The van der Waals surface area contributed by atoms with Crippen LogP contribution in [0.4, 0.5) is 30.7 Å². The summed E-state index contributed by atoms with van der Waals surface area (Å²) in [6, 6.07) is 8.22. The van der Waals surface area contributed by atoms with E-state index < -0.39 is 52.1 Å². The van der Waals surface area contributed by atoms with Gasteiger partial charge in [0.2, 0.25) is 0 Å². The predicted octanol–water partition coefficient (Wildman–Crippen LogP) is 8.66. The second kappa shape index (κ2) is 11.0. The minimum atomic E-state index is -4.26. The van der Waals surface area contributed by atoms with Crippen LogP contribution in [0.15, 0.2) is 60.9 Å². The van der Waals surface area contributed by atoms with E-state index in [4.69, 9.17) is 11.6 Å². The SMILES string of the molecule is CCCc1ccc(-c2ccc(C(F)(F)Oc3cc(F)c(O/C=C/C(F)F)c(Cl)c3)c(F)c2)c(F)c1. The molecule has 0 saturated carbocycles. The normalized spacial score (nSPS) is 11.9. The van der Waals surface area contributed by atoms with Crippen molar-refractivity contribution in [1.82, 2.24) is 0 Å². The first-order valence-corrected chi connectivity index (χ1v) is 10.7. The summed E-state index contributed by atoms with van der Waals surface area (Å²) in [4.78, 5) is 0. The summed E-state index contributed by atoms with van der Waals surface area (Å²) in [5, 5.41) is -0.549. The molecule has 0 spiro atoms. The molecule has 0 aliphatic rings. The molecule has 3 rings (SSSR count). The summed E-state index contributed by atoms with van der Waals surface area (Å²) in [6.07, 6.45) is -4.88. The topological polar surface area (TPSA) is 18.5 Å². The van der Waals surface area contributed by atoms with E-state index in [2.05, 4.69) is 9.47 Å². The highest BCUT2D eigenvalue weighted by Crippen LogP contribution is 2.39. The number of alkyl halides is 4. The molecule has 3 aromatic carbocycles. The Morgan fingerprint density at radius 3 is 2.29 bits per heavy atom. The molecule has 0 bridgehead atoms. The number of hydrogen-bond acceptors (Lipinski definition) is 2. The Morgan fingerprint density at radius 2 is 1.69 bits per heavy atom. The van der Waals surface area contributed by atoms with Crippen molar-refractivity contribution in [3.05, 3.63) is 94.5 Å². The van der Waals surface area contributed by atoms with Crippen LogP contribution in [0.3, 0.4) is 0 Å². The maximum atomic E-state index is 14.7. The van der Waals surface area contributed by atoms with Crippen LogP contribution in [0.5, 0.6) is 11.5 Å². The van der Waals surface area contributed by atoms with Gasteiger partial charge in [0.1, 0.15) is 17.4 Å². The second-order valence-corrected chi connectivity index (χ2v) is 7.78. The molecule has 2 nitrogen and oxygen atoms in total.